The molecule has 3 nitrogen and oxygen atoms in total. The van der Waals surface area contributed by atoms with E-state index in [2.05, 4.69) is 39.1 Å². The maximum atomic E-state index is 12.4. The lowest BCUT2D eigenvalue weighted by Gasteiger charge is -2.37. The van der Waals surface area contributed by atoms with Crippen molar-refractivity contribution in [1.29, 1.82) is 0 Å². The molecule has 1 aromatic rings. The van der Waals surface area contributed by atoms with Gasteiger partial charge in [-0.05, 0) is 56.2 Å². The van der Waals surface area contributed by atoms with Gasteiger partial charge in [0.25, 0.3) is 0 Å². The Kier molecular flexibility index (Phi) is 2.94. The van der Waals surface area contributed by atoms with E-state index in [0.717, 1.165) is 42.6 Å². The Bertz CT molecular complexity index is 493. The first kappa shape index (κ1) is 12.2. The molecular formula is C14H17BrN2O. The molecule has 18 heavy (non-hydrogen) atoms. The molecule has 2 heterocycles. The van der Waals surface area contributed by atoms with E-state index in [-0.39, 0.29) is 11.3 Å². The number of piperidine rings is 1. The summed E-state index contributed by atoms with van der Waals surface area (Å²) in [6.45, 7) is 5.27. The topological polar surface area (TPSA) is 32.3 Å². The number of nitrogens with one attached hydrogen (secondary N) is 1. The minimum Gasteiger partial charge on any atom is -0.325 e. The summed E-state index contributed by atoms with van der Waals surface area (Å²) in [4.78, 5) is 14.8. The fourth-order valence-corrected chi connectivity index (χ4v) is 3.49. The fourth-order valence-electron chi connectivity index (χ4n) is 3.13. The van der Waals surface area contributed by atoms with Gasteiger partial charge in [0.2, 0.25) is 5.91 Å². The van der Waals surface area contributed by atoms with Gasteiger partial charge >= 0.3 is 0 Å². The SMILES string of the molecule is CCN1CCC2(CC1)C(=O)Nc1ccc(Br)cc12. The number of hydrogen-bond acceptors (Lipinski definition) is 2. The first-order valence-corrected chi connectivity index (χ1v) is 7.29. The molecule has 1 fully saturated rings. The molecule has 3 rings (SSSR count). The van der Waals surface area contributed by atoms with Crippen LogP contribution in [0.25, 0.3) is 0 Å². The van der Waals surface area contributed by atoms with Gasteiger partial charge in [-0.15, -0.1) is 0 Å². The quantitative estimate of drug-likeness (QED) is 0.865. The van der Waals surface area contributed by atoms with Crippen LogP contribution >= 0.6 is 15.9 Å². The summed E-state index contributed by atoms with van der Waals surface area (Å²) in [6, 6.07) is 6.09. The third-order valence-corrected chi connectivity index (χ3v) is 4.83. The zero-order valence-corrected chi connectivity index (χ0v) is 12.1. The first-order valence-electron chi connectivity index (χ1n) is 6.49. The number of rotatable bonds is 1. The number of nitrogens with zero attached hydrogens (tertiary/aromatic N) is 1. The van der Waals surface area contributed by atoms with E-state index in [4.69, 9.17) is 0 Å². The summed E-state index contributed by atoms with van der Waals surface area (Å²) in [5.74, 6) is 0.186. The monoisotopic (exact) mass is 308 g/mol. The molecule has 0 aromatic heterocycles. The molecule has 1 amide bonds. The molecule has 0 saturated carbocycles. The van der Waals surface area contributed by atoms with Crippen LogP contribution in [-0.2, 0) is 10.2 Å². The molecule has 1 spiro atoms. The van der Waals surface area contributed by atoms with Crippen LogP contribution in [0.15, 0.2) is 22.7 Å². The van der Waals surface area contributed by atoms with Crippen molar-refractivity contribution in [2.24, 2.45) is 0 Å². The lowest BCUT2D eigenvalue weighted by atomic mass is 9.74. The number of carbonyl (C=O) groups excluding carboxylic acids is 1. The van der Waals surface area contributed by atoms with E-state index >= 15 is 0 Å². The van der Waals surface area contributed by atoms with Gasteiger partial charge in [0.05, 0.1) is 5.41 Å². The lowest BCUT2D eigenvalue weighted by molar-refractivity contribution is -0.122. The zero-order valence-electron chi connectivity index (χ0n) is 10.5. The first-order chi connectivity index (χ1) is 8.65. The van der Waals surface area contributed by atoms with Gasteiger partial charge in [-0.3, -0.25) is 4.79 Å². The predicted molar refractivity (Wildman–Crippen MR) is 75.8 cm³/mol. The molecule has 1 saturated heterocycles. The van der Waals surface area contributed by atoms with Crippen LogP contribution in [0, 0.1) is 0 Å². The Balaban J connectivity index is 1.98. The van der Waals surface area contributed by atoms with Crippen LogP contribution in [0.2, 0.25) is 0 Å². The summed E-state index contributed by atoms with van der Waals surface area (Å²) in [7, 11) is 0. The smallest absolute Gasteiger partial charge is 0.235 e. The Morgan fingerprint density at radius 2 is 2.11 bits per heavy atom. The molecule has 96 valence electrons. The number of hydrogen-bond donors (Lipinski definition) is 1. The highest BCUT2D eigenvalue weighted by Crippen LogP contribution is 2.45. The van der Waals surface area contributed by atoms with Crippen LogP contribution in [0.5, 0.6) is 0 Å². The lowest BCUT2D eigenvalue weighted by Crippen LogP contribution is -2.46. The van der Waals surface area contributed by atoms with Gasteiger partial charge in [0.1, 0.15) is 0 Å². The van der Waals surface area contributed by atoms with Crippen molar-refractivity contribution < 1.29 is 4.79 Å². The summed E-state index contributed by atoms with van der Waals surface area (Å²) < 4.78 is 1.05. The molecule has 0 atom stereocenters. The molecule has 1 aromatic carbocycles. The second-order valence-electron chi connectivity index (χ2n) is 5.16. The summed E-state index contributed by atoms with van der Waals surface area (Å²) >= 11 is 3.51. The predicted octanol–water partition coefficient (Wildman–Crippen LogP) is 2.75. The van der Waals surface area contributed by atoms with E-state index in [1.54, 1.807) is 0 Å². The Morgan fingerprint density at radius 1 is 1.39 bits per heavy atom. The van der Waals surface area contributed by atoms with Crippen LogP contribution in [-0.4, -0.2) is 30.4 Å². The van der Waals surface area contributed by atoms with Crippen molar-refractivity contribution in [2.45, 2.75) is 25.2 Å². The number of fused-ring (bicyclic) bond motifs is 2. The molecule has 2 aliphatic heterocycles. The molecule has 1 N–H and O–H groups in total. The van der Waals surface area contributed by atoms with Gasteiger partial charge in [-0.25, -0.2) is 0 Å². The molecule has 0 radical (unpaired) electrons. The van der Waals surface area contributed by atoms with Gasteiger partial charge in [-0.1, -0.05) is 22.9 Å². The van der Waals surface area contributed by atoms with Crippen LogP contribution < -0.4 is 5.32 Å². The third-order valence-electron chi connectivity index (χ3n) is 4.34. The maximum Gasteiger partial charge on any atom is 0.235 e. The Labute approximate surface area is 116 Å². The van der Waals surface area contributed by atoms with E-state index in [9.17, 15) is 4.79 Å². The molecule has 2 aliphatic rings. The summed E-state index contributed by atoms with van der Waals surface area (Å²) in [5, 5.41) is 3.04. The summed E-state index contributed by atoms with van der Waals surface area (Å²) in [6.07, 6.45) is 1.85. The number of amides is 1. The van der Waals surface area contributed by atoms with Gasteiger partial charge in [-0.2, -0.15) is 0 Å². The van der Waals surface area contributed by atoms with Crippen molar-refractivity contribution in [3.05, 3.63) is 28.2 Å². The summed E-state index contributed by atoms with van der Waals surface area (Å²) in [5.41, 5.74) is 1.89. The Hall–Kier alpha value is -0.870. The highest BCUT2D eigenvalue weighted by molar-refractivity contribution is 9.10. The highest BCUT2D eigenvalue weighted by atomic mass is 79.9. The number of carbonyl (C=O) groups is 1. The zero-order chi connectivity index (χ0) is 12.8. The van der Waals surface area contributed by atoms with Crippen molar-refractivity contribution >= 4 is 27.5 Å². The highest BCUT2D eigenvalue weighted by Gasteiger charge is 2.48. The van der Waals surface area contributed by atoms with Crippen molar-refractivity contribution in [3.63, 3.8) is 0 Å². The van der Waals surface area contributed by atoms with Gasteiger partial charge in [0.15, 0.2) is 0 Å². The second kappa shape index (κ2) is 4.35. The van der Waals surface area contributed by atoms with E-state index in [1.165, 1.54) is 5.56 Å². The number of benzene rings is 1. The minimum atomic E-state index is -0.287. The number of likely N-dealkylation sites (tertiary alicyclic amines) is 1. The molecule has 0 unspecified atom stereocenters. The largest absolute Gasteiger partial charge is 0.325 e. The normalized spacial score (nSPS) is 22.0. The van der Waals surface area contributed by atoms with Crippen LogP contribution in [0.3, 0.4) is 0 Å². The van der Waals surface area contributed by atoms with Crippen LogP contribution in [0.1, 0.15) is 25.3 Å². The fraction of sp³-hybridized carbons (Fsp3) is 0.500. The number of halogens is 1. The average Bonchev–Trinajstić information content (AvgIpc) is 2.64. The second-order valence-corrected chi connectivity index (χ2v) is 6.08. The van der Waals surface area contributed by atoms with E-state index in [0.29, 0.717) is 0 Å². The standard InChI is InChI=1S/C14H17BrN2O/c1-2-17-7-5-14(6-8-17)11-9-10(15)3-4-12(11)16-13(14)18/h3-4,9H,2,5-8H2,1H3,(H,16,18). The van der Waals surface area contributed by atoms with Gasteiger partial charge < -0.3 is 10.2 Å². The van der Waals surface area contributed by atoms with E-state index < -0.39 is 0 Å². The average molecular weight is 309 g/mol. The van der Waals surface area contributed by atoms with Crippen molar-refractivity contribution in [2.75, 3.05) is 25.0 Å². The van der Waals surface area contributed by atoms with Crippen molar-refractivity contribution in [3.8, 4) is 0 Å². The molecule has 0 aliphatic carbocycles. The molecule has 0 bridgehead atoms. The Morgan fingerprint density at radius 3 is 2.78 bits per heavy atom. The molecular weight excluding hydrogens is 292 g/mol. The number of anilines is 1. The van der Waals surface area contributed by atoms with Crippen LogP contribution in [0.4, 0.5) is 5.69 Å². The third kappa shape index (κ3) is 1.70. The molecule has 4 heteroatoms. The van der Waals surface area contributed by atoms with Gasteiger partial charge in [0, 0.05) is 10.2 Å². The van der Waals surface area contributed by atoms with Crippen molar-refractivity contribution in [1.82, 2.24) is 4.90 Å². The minimum absolute atomic E-state index is 0.186. The van der Waals surface area contributed by atoms with E-state index in [1.807, 2.05) is 12.1 Å². The maximum absolute atomic E-state index is 12.4.